The maximum atomic E-state index is 6.25. The normalized spacial score (nSPS) is 11.0. The molecule has 0 saturated carbocycles. The smallest absolute Gasteiger partial charge is 0.218 e. The first-order valence-corrected chi connectivity index (χ1v) is 9.44. The molecule has 0 aliphatic carbocycles. The molecule has 0 spiro atoms. The molecule has 0 aliphatic heterocycles. The standard InChI is InChI=1S/C22H25ClNO/c1-2-3-4-8-15-25-22-13-14-24(17-18-9-6-5-7-10-18)21-16-19(23)11-12-20(21)22/h5-7,9-14,16H,2-4,8,15,17H2,1H3/q+1. The average molecular weight is 355 g/mol. The van der Waals surface area contributed by atoms with Crippen molar-refractivity contribution in [2.45, 2.75) is 39.2 Å². The van der Waals surface area contributed by atoms with Gasteiger partial charge in [-0.3, -0.25) is 0 Å². The second-order valence-corrected chi connectivity index (χ2v) is 6.80. The van der Waals surface area contributed by atoms with E-state index in [2.05, 4.69) is 54.1 Å². The van der Waals surface area contributed by atoms with Gasteiger partial charge < -0.3 is 4.74 Å². The van der Waals surface area contributed by atoms with E-state index in [4.69, 9.17) is 16.3 Å². The van der Waals surface area contributed by atoms with Crippen LogP contribution in [0.2, 0.25) is 5.02 Å². The van der Waals surface area contributed by atoms with Gasteiger partial charge >= 0.3 is 0 Å². The molecule has 3 aromatic rings. The SMILES string of the molecule is CCCCCCOc1cc[n+](Cc2ccccc2)c2cc(Cl)ccc12. The van der Waals surface area contributed by atoms with Gasteiger partial charge in [0.05, 0.1) is 12.0 Å². The fourth-order valence-electron chi connectivity index (χ4n) is 3.03. The fourth-order valence-corrected chi connectivity index (χ4v) is 3.20. The third kappa shape index (κ3) is 4.73. The highest BCUT2D eigenvalue weighted by atomic mass is 35.5. The van der Waals surface area contributed by atoms with Gasteiger partial charge in [0, 0.05) is 22.7 Å². The first kappa shape index (κ1) is 17.8. The lowest BCUT2D eigenvalue weighted by molar-refractivity contribution is -0.662. The minimum Gasteiger partial charge on any atom is -0.492 e. The number of hydrogen-bond acceptors (Lipinski definition) is 1. The summed E-state index contributed by atoms with van der Waals surface area (Å²) in [5.41, 5.74) is 2.37. The van der Waals surface area contributed by atoms with Crippen LogP contribution in [0.25, 0.3) is 10.9 Å². The van der Waals surface area contributed by atoms with Crippen LogP contribution in [-0.4, -0.2) is 6.61 Å². The van der Waals surface area contributed by atoms with Crippen LogP contribution in [0.4, 0.5) is 0 Å². The Bertz CT molecular complexity index is 817. The predicted octanol–water partition coefficient (Wildman–Crippen LogP) is 5.79. The molecule has 1 heterocycles. The molecule has 2 nitrogen and oxygen atoms in total. The van der Waals surface area contributed by atoms with E-state index >= 15 is 0 Å². The Balaban J connectivity index is 1.84. The van der Waals surface area contributed by atoms with Crippen molar-refractivity contribution in [3.63, 3.8) is 0 Å². The highest BCUT2D eigenvalue weighted by Gasteiger charge is 2.14. The van der Waals surface area contributed by atoms with E-state index in [1.54, 1.807) is 0 Å². The first-order chi connectivity index (χ1) is 12.3. The number of nitrogens with zero attached hydrogens (tertiary/aromatic N) is 1. The van der Waals surface area contributed by atoms with E-state index in [1.165, 1.54) is 24.8 Å². The monoisotopic (exact) mass is 354 g/mol. The molecule has 0 N–H and O–H groups in total. The Hall–Kier alpha value is -2.06. The topological polar surface area (TPSA) is 13.1 Å². The maximum absolute atomic E-state index is 6.25. The first-order valence-electron chi connectivity index (χ1n) is 9.06. The molecule has 1 aromatic heterocycles. The minimum absolute atomic E-state index is 0.745. The fraction of sp³-hybridized carbons (Fsp3) is 0.318. The van der Waals surface area contributed by atoms with Crippen LogP contribution in [0.1, 0.15) is 38.2 Å². The number of fused-ring (bicyclic) bond motifs is 1. The largest absolute Gasteiger partial charge is 0.492 e. The molecule has 0 unspecified atom stereocenters. The van der Waals surface area contributed by atoms with Gasteiger partial charge in [-0.2, -0.15) is 4.57 Å². The third-order valence-corrected chi connectivity index (χ3v) is 4.63. The molecule has 0 bridgehead atoms. The van der Waals surface area contributed by atoms with Gasteiger partial charge in [0.25, 0.3) is 0 Å². The number of aromatic nitrogens is 1. The summed E-state index contributed by atoms with van der Waals surface area (Å²) in [5.74, 6) is 0.937. The zero-order valence-electron chi connectivity index (χ0n) is 14.7. The molecular weight excluding hydrogens is 330 g/mol. The van der Waals surface area contributed by atoms with Crippen molar-refractivity contribution in [2.24, 2.45) is 0 Å². The Kier molecular flexibility index (Phi) is 6.30. The van der Waals surface area contributed by atoms with Crippen LogP contribution >= 0.6 is 11.6 Å². The summed E-state index contributed by atoms with van der Waals surface area (Å²) in [6, 6.07) is 18.5. The number of hydrogen-bond donors (Lipinski definition) is 0. The van der Waals surface area contributed by atoms with Gasteiger partial charge in [-0.05, 0) is 18.6 Å². The Morgan fingerprint density at radius 2 is 1.80 bits per heavy atom. The van der Waals surface area contributed by atoms with Crippen LogP contribution in [0, 0.1) is 0 Å². The zero-order valence-corrected chi connectivity index (χ0v) is 15.5. The molecular formula is C22H25ClNO+. The van der Waals surface area contributed by atoms with Crippen molar-refractivity contribution in [1.82, 2.24) is 0 Å². The van der Waals surface area contributed by atoms with E-state index < -0.39 is 0 Å². The Labute approximate surface area is 155 Å². The predicted molar refractivity (Wildman–Crippen MR) is 104 cm³/mol. The highest BCUT2D eigenvalue weighted by molar-refractivity contribution is 6.31. The molecule has 2 aromatic carbocycles. The van der Waals surface area contributed by atoms with Gasteiger partial charge in [-0.25, -0.2) is 0 Å². The van der Waals surface area contributed by atoms with E-state index in [-0.39, 0.29) is 0 Å². The quantitative estimate of drug-likeness (QED) is 0.368. The number of halogens is 1. The second kappa shape index (κ2) is 8.87. The molecule has 0 aliphatic rings. The van der Waals surface area contributed by atoms with Crippen LogP contribution in [0.3, 0.4) is 0 Å². The summed E-state index contributed by atoms with van der Waals surface area (Å²) in [4.78, 5) is 0. The van der Waals surface area contributed by atoms with Gasteiger partial charge in [0.15, 0.2) is 12.7 Å². The Morgan fingerprint density at radius 1 is 0.960 bits per heavy atom. The lowest BCUT2D eigenvalue weighted by Gasteiger charge is -2.10. The van der Waals surface area contributed by atoms with Gasteiger partial charge in [0.1, 0.15) is 5.75 Å². The summed E-state index contributed by atoms with van der Waals surface area (Å²) >= 11 is 6.25. The maximum Gasteiger partial charge on any atom is 0.218 e. The Morgan fingerprint density at radius 3 is 2.60 bits per heavy atom. The summed E-state index contributed by atoms with van der Waals surface area (Å²) in [5, 5.41) is 1.85. The van der Waals surface area contributed by atoms with Crippen LogP contribution in [-0.2, 0) is 6.54 Å². The number of benzene rings is 2. The van der Waals surface area contributed by atoms with Crippen molar-refractivity contribution >= 4 is 22.5 Å². The molecule has 0 atom stereocenters. The van der Waals surface area contributed by atoms with Crippen molar-refractivity contribution in [3.8, 4) is 5.75 Å². The van der Waals surface area contributed by atoms with Crippen molar-refractivity contribution in [2.75, 3.05) is 6.61 Å². The van der Waals surface area contributed by atoms with Crippen LogP contribution < -0.4 is 9.30 Å². The third-order valence-electron chi connectivity index (χ3n) is 4.39. The van der Waals surface area contributed by atoms with Gasteiger partial charge in [-0.1, -0.05) is 68.1 Å². The molecule has 3 heteroatoms. The molecule has 3 rings (SSSR count). The zero-order chi connectivity index (χ0) is 17.5. The number of pyridine rings is 1. The van der Waals surface area contributed by atoms with Gasteiger partial charge in [-0.15, -0.1) is 0 Å². The highest BCUT2D eigenvalue weighted by Crippen LogP contribution is 2.26. The minimum atomic E-state index is 0.745. The van der Waals surface area contributed by atoms with E-state index in [1.807, 2.05) is 18.2 Å². The van der Waals surface area contributed by atoms with Gasteiger partial charge in [0.2, 0.25) is 5.52 Å². The second-order valence-electron chi connectivity index (χ2n) is 6.36. The number of rotatable bonds is 8. The summed E-state index contributed by atoms with van der Waals surface area (Å²) in [6.45, 7) is 3.80. The van der Waals surface area contributed by atoms with Crippen LogP contribution in [0.5, 0.6) is 5.75 Å². The number of unbranched alkanes of at least 4 members (excludes halogenated alkanes) is 3. The molecule has 0 fully saturated rings. The van der Waals surface area contributed by atoms with E-state index in [9.17, 15) is 0 Å². The molecule has 0 saturated heterocycles. The van der Waals surface area contributed by atoms with Crippen LogP contribution in [0.15, 0.2) is 60.8 Å². The number of ether oxygens (including phenoxy) is 1. The summed E-state index contributed by atoms with van der Waals surface area (Å²) in [7, 11) is 0. The van der Waals surface area contributed by atoms with Crippen molar-refractivity contribution < 1.29 is 9.30 Å². The molecule has 0 radical (unpaired) electrons. The summed E-state index contributed by atoms with van der Waals surface area (Å²) in [6.07, 6.45) is 6.92. The lowest BCUT2D eigenvalue weighted by atomic mass is 10.1. The summed E-state index contributed by atoms with van der Waals surface area (Å²) < 4.78 is 8.28. The average Bonchev–Trinajstić information content (AvgIpc) is 2.64. The van der Waals surface area contributed by atoms with Crippen molar-refractivity contribution in [3.05, 3.63) is 71.4 Å². The van der Waals surface area contributed by atoms with E-state index in [0.717, 1.165) is 41.2 Å². The lowest BCUT2D eigenvalue weighted by Crippen LogP contribution is -2.34. The molecule has 130 valence electrons. The van der Waals surface area contributed by atoms with E-state index in [0.29, 0.717) is 0 Å². The van der Waals surface area contributed by atoms with Crippen molar-refractivity contribution in [1.29, 1.82) is 0 Å². The molecule has 25 heavy (non-hydrogen) atoms. The molecule has 0 amide bonds.